The highest BCUT2D eigenvalue weighted by molar-refractivity contribution is 7.99. The largest absolute Gasteiger partial charge is 0.348 e. The van der Waals surface area contributed by atoms with Crippen LogP contribution in [0.25, 0.3) is 0 Å². The van der Waals surface area contributed by atoms with Crippen LogP contribution in [0.3, 0.4) is 0 Å². The molecule has 0 rings (SSSR count). The molecule has 0 aromatic carbocycles. The van der Waals surface area contributed by atoms with Gasteiger partial charge in [-0.25, -0.2) is 0 Å². The fourth-order valence-electron chi connectivity index (χ4n) is 0.730. The third-order valence-corrected chi connectivity index (χ3v) is 2.48. The molecule has 0 aliphatic heterocycles. The lowest BCUT2D eigenvalue weighted by Crippen LogP contribution is -2.30. The van der Waals surface area contributed by atoms with Crippen LogP contribution in [-0.2, 0) is 4.79 Å². The Kier molecular flexibility index (Phi) is 4.52. The predicted octanol–water partition coefficient (Wildman–Crippen LogP) is 1.22. The summed E-state index contributed by atoms with van der Waals surface area (Å²) in [6.45, 7) is 2.03. The Morgan fingerprint density at radius 2 is 2.10 bits per heavy atom. The van der Waals surface area contributed by atoms with Crippen molar-refractivity contribution < 1.29 is 4.79 Å². The van der Waals surface area contributed by atoms with Crippen molar-refractivity contribution in [2.24, 2.45) is 0 Å². The lowest BCUT2D eigenvalue weighted by Gasteiger charge is -2.16. The summed E-state index contributed by atoms with van der Waals surface area (Å²) in [7, 11) is 3.59. The van der Waals surface area contributed by atoms with Crippen molar-refractivity contribution in [3.05, 3.63) is 0 Å². The Morgan fingerprint density at radius 1 is 1.60 bits per heavy atom. The standard InChI is InChI=1S/C7H15NOS/c1-5-6(10-4)7(9)8(2)3/h6H,5H2,1-4H3. The van der Waals surface area contributed by atoms with Gasteiger partial charge in [0.25, 0.3) is 0 Å². The molecule has 0 saturated heterocycles. The first kappa shape index (κ1) is 9.82. The number of amides is 1. The van der Waals surface area contributed by atoms with Gasteiger partial charge in [-0.15, -0.1) is 0 Å². The molecule has 0 saturated carbocycles. The number of nitrogens with zero attached hydrogens (tertiary/aromatic N) is 1. The SMILES string of the molecule is CCC(SC)C(=O)N(C)C. The third-order valence-electron chi connectivity index (χ3n) is 1.37. The summed E-state index contributed by atoms with van der Waals surface area (Å²) < 4.78 is 0. The molecular formula is C7H15NOS. The van der Waals surface area contributed by atoms with Gasteiger partial charge in [-0.3, -0.25) is 4.79 Å². The Hall–Kier alpha value is -0.180. The summed E-state index contributed by atoms with van der Waals surface area (Å²) in [6, 6.07) is 0. The van der Waals surface area contributed by atoms with Gasteiger partial charge >= 0.3 is 0 Å². The maximum atomic E-state index is 11.2. The normalized spacial score (nSPS) is 12.8. The van der Waals surface area contributed by atoms with E-state index in [2.05, 4.69) is 0 Å². The molecule has 2 nitrogen and oxygen atoms in total. The van der Waals surface area contributed by atoms with E-state index in [1.54, 1.807) is 30.8 Å². The van der Waals surface area contributed by atoms with Crippen LogP contribution in [0.5, 0.6) is 0 Å². The fraction of sp³-hybridized carbons (Fsp3) is 0.857. The molecular weight excluding hydrogens is 146 g/mol. The van der Waals surface area contributed by atoms with Crippen molar-refractivity contribution in [1.29, 1.82) is 0 Å². The van der Waals surface area contributed by atoms with Gasteiger partial charge < -0.3 is 4.90 Å². The van der Waals surface area contributed by atoms with Crippen molar-refractivity contribution in [3.63, 3.8) is 0 Å². The molecule has 0 heterocycles. The van der Waals surface area contributed by atoms with Crippen LogP contribution >= 0.6 is 11.8 Å². The summed E-state index contributed by atoms with van der Waals surface area (Å²) in [6.07, 6.45) is 2.88. The Bertz CT molecular complexity index is 110. The second-order valence-corrected chi connectivity index (χ2v) is 3.41. The van der Waals surface area contributed by atoms with Crippen molar-refractivity contribution in [2.45, 2.75) is 18.6 Å². The maximum absolute atomic E-state index is 11.2. The Balaban J connectivity index is 3.89. The van der Waals surface area contributed by atoms with Crippen LogP contribution in [0.1, 0.15) is 13.3 Å². The van der Waals surface area contributed by atoms with E-state index in [1.165, 1.54) is 0 Å². The van der Waals surface area contributed by atoms with Crippen LogP contribution < -0.4 is 0 Å². The van der Waals surface area contributed by atoms with E-state index in [0.717, 1.165) is 6.42 Å². The number of thioether (sulfide) groups is 1. The van der Waals surface area contributed by atoms with Crippen LogP contribution in [0.2, 0.25) is 0 Å². The lowest BCUT2D eigenvalue weighted by molar-refractivity contribution is -0.128. The van der Waals surface area contributed by atoms with Crippen LogP contribution in [-0.4, -0.2) is 36.4 Å². The van der Waals surface area contributed by atoms with Gasteiger partial charge in [-0.1, -0.05) is 6.92 Å². The van der Waals surface area contributed by atoms with Gasteiger partial charge in [0.1, 0.15) is 0 Å². The summed E-state index contributed by atoms with van der Waals surface area (Å²) in [5, 5.41) is 0.148. The molecule has 0 fully saturated rings. The minimum absolute atomic E-state index is 0.148. The molecule has 0 radical (unpaired) electrons. The van der Waals surface area contributed by atoms with E-state index in [-0.39, 0.29) is 11.2 Å². The summed E-state index contributed by atoms with van der Waals surface area (Å²) >= 11 is 1.62. The molecule has 1 unspecified atom stereocenters. The number of carbonyl (C=O) groups is 1. The van der Waals surface area contributed by atoms with Crippen molar-refractivity contribution in [1.82, 2.24) is 4.90 Å². The fourth-order valence-corrected chi connectivity index (χ4v) is 1.48. The monoisotopic (exact) mass is 161 g/mol. The highest BCUT2D eigenvalue weighted by Gasteiger charge is 2.15. The van der Waals surface area contributed by atoms with Crippen LogP contribution in [0.4, 0.5) is 0 Å². The average molecular weight is 161 g/mol. The second kappa shape index (κ2) is 4.61. The van der Waals surface area contributed by atoms with Crippen molar-refractivity contribution in [3.8, 4) is 0 Å². The van der Waals surface area contributed by atoms with Crippen LogP contribution in [0, 0.1) is 0 Å². The zero-order valence-electron chi connectivity index (χ0n) is 7.05. The van der Waals surface area contributed by atoms with E-state index in [0.29, 0.717) is 0 Å². The Morgan fingerprint density at radius 3 is 2.20 bits per heavy atom. The Labute approximate surface area is 67.0 Å². The highest BCUT2D eigenvalue weighted by Crippen LogP contribution is 2.11. The van der Waals surface area contributed by atoms with Gasteiger partial charge in [0.15, 0.2) is 0 Å². The quantitative estimate of drug-likeness (QED) is 0.620. The summed E-state index contributed by atoms with van der Waals surface area (Å²) in [5.41, 5.74) is 0. The minimum Gasteiger partial charge on any atom is -0.348 e. The van der Waals surface area contributed by atoms with Gasteiger partial charge in [-0.05, 0) is 12.7 Å². The van der Waals surface area contributed by atoms with E-state index in [9.17, 15) is 4.79 Å². The summed E-state index contributed by atoms with van der Waals surface area (Å²) in [4.78, 5) is 12.9. The minimum atomic E-state index is 0.148. The van der Waals surface area contributed by atoms with E-state index in [4.69, 9.17) is 0 Å². The second-order valence-electron chi connectivity index (χ2n) is 2.37. The average Bonchev–Trinajstić information content (AvgIpc) is 1.90. The topological polar surface area (TPSA) is 20.3 Å². The lowest BCUT2D eigenvalue weighted by atomic mass is 10.3. The molecule has 1 atom stereocenters. The number of hydrogen-bond acceptors (Lipinski definition) is 2. The molecule has 0 aromatic rings. The van der Waals surface area contributed by atoms with Crippen LogP contribution in [0.15, 0.2) is 0 Å². The van der Waals surface area contributed by atoms with Crippen molar-refractivity contribution in [2.75, 3.05) is 20.4 Å². The zero-order chi connectivity index (χ0) is 8.15. The number of rotatable bonds is 3. The molecule has 0 spiro atoms. The first-order chi connectivity index (χ1) is 4.63. The third kappa shape index (κ3) is 2.60. The zero-order valence-corrected chi connectivity index (χ0v) is 7.86. The molecule has 3 heteroatoms. The van der Waals surface area contributed by atoms with Gasteiger partial charge in [0, 0.05) is 14.1 Å². The molecule has 0 bridgehead atoms. The summed E-state index contributed by atoms with van der Waals surface area (Å²) in [5.74, 6) is 0.218. The first-order valence-electron chi connectivity index (χ1n) is 3.37. The van der Waals surface area contributed by atoms with Crippen molar-refractivity contribution >= 4 is 17.7 Å². The maximum Gasteiger partial charge on any atom is 0.235 e. The smallest absolute Gasteiger partial charge is 0.235 e. The predicted molar refractivity (Wildman–Crippen MR) is 46.3 cm³/mol. The molecule has 10 heavy (non-hydrogen) atoms. The number of carbonyl (C=O) groups excluding carboxylic acids is 1. The van der Waals surface area contributed by atoms with Gasteiger partial charge in [0.05, 0.1) is 5.25 Å². The van der Waals surface area contributed by atoms with E-state index >= 15 is 0 Å². The van der Waals surface area contributed by atoms with E-state index < -0.39 is 0 Å². The highest BCUT2D eigenvalue weighted by atomic mass is 32.2. The molecule has 0 aromatic heterocycles. The molecule has 0 N–H and O–H groups in total. The molecule has 60 valence electrons. The molecule has 0 aliphatic rings. The molecule has 0 aliphatic carbocycles. The number of hydrogen-bond donors (Lipinski definition) is 0. The van der Waals surface area contributed by atoms with E-state index in [1.807, 2.05) is 13.2 Å². The van der Waals surface area contributed by atoms with Gasteiger partial charge in [-0.2, -0.15) is 11.8 Å². The molecule has 1 amide bonds. The first-order valence-corrected chi connectivity index (χ1v) is 4.66. The van der Waals surface area contributed by atoms with Gasteiger partial charge in [0.2, 0.25) is 5.91 Å².